The van der Waals surface area contributed by atoms with Gasteiger partial charge in [-0.25, -0.2) is 0 Å². The molecule has 6 heteroatoms. The zero-order chi connectivity index (χ0) is 16.1. The number of methoxy groups -OCH3 is 2. The molecule has 0 aliphatic heterocycles. The lowest BCUT2D eigenvalue weighted by Crippen LogP contribution is -1.98. The number of rotatable bonds is 7. The Morgan fingerprint density at radius 2 is 1.78 bits per heavy atom. The molecule has 0 N–H and O–H groups in total. The van der Waals surface area contributed by atoms with Crippen LogP contribution in [0.1, 0.15) is 11.7 Å². The molecule has 1 heterocycles. The number of aromatic nitrogens is 2. The van der Waals surface area contributed by atoms with E-state index in [4.69, 9.17) is 18.7 Å². The third kappa shape index (κ3) is 3.78. The minimum absolute atomic E-state index is 0.232. The lowest BCUT2D eigenvalue weighted by Gasteiger charge is -2.06. The highest BCUT2D eigenvalue weighted by atomic mass is 16.5. The van der Waals surface area contributed by atoms with Gasteiger partial charge in [0, 0.05) is 13.5 Å². The Morgan fingerprint density at radius 1 is 1.00 bits per heavy atom. The smallest absolute Gasteiger partial charge is 0.264 e. The number of hydrogen-bond acceptors (Lipinski definition) is 6. The van der Waals surface area contributed by atoms with Crippen molar-refractivity contribution in [3.8, 4) is 11.5 Å². The zero-order valence-electron chi connectivity index (χ0n) is 13.1. The van der Waals surface area contributed by atoms with Crippen LogP contribution in [0.2, 0.25) is 0 Å². The number of nitrogens with zero attached hydrogens (tertiary/aromatic N) is 2. The van der Waals surface area contributed by atoms with Crippen molar-refractivity contribution in [2.24, 2.45) is 0 Å². The van der Waals surface area contributed by atoms with E-state index in [1.807, 2.05) is 36.4 Å². The second kappa shape index (κ2) is 7.11. The van der Waals surface area contributed by atoms with E-state index in [1.165, 1.54) is 0 Å². The van der Waals surface area contributed by atoms with Gasteiger partial charge in [-0.15, -0.1) is 0 Å². The van der Waals surface area contributed by atoms with Gasteiger partial charge in [0.15, 0.2) is 12.4 Å². The molecule has 0 atom stereocenters. The van der Waals surface area contributed by atoms with Gasteiger partial charge in [0.1, 0.15) is 11.5 Å². The quantitative estimate of drug-likeness (QED) is 0.668. The van der Waals surface area contributed by atoms with Crippen molar-refractivity contribution in [3.05, 3.63) is 48.1 Å². The average Bonchev–Trinajstić information content (AvgIpc) is 3.05. The number of hydrogen-bond donors (Lipinski definition) is 0. The molecule has 0 amide bonds. The maximum atomic E-state index is 5.72. The van der Waals surface area contributed by atoms with Crippen LogP contribution >= 0.6 is 0 Å². The molecule has 2 aromatic carbocycles. The summed E-state index contributed by atoms with van der Waals surface area (Å²) in [7, 11) is 3.29. The summed E-state index contributed by atoms with van der Waals surface area (Å²) in [6.07, 6.45) is 0.621. The first kappa shape index (κ1) is 15.3. The molecule has 0 unspecified atom stereocenters. The van der Waals surface area contributed by atoms with Crippen LogP contribution in [0.3, 0.4) is 0 Å². The van der Waals surface area contributed by atoms with Gasteiger partial charge in [0.25, 0.3) is 5.89 Å². The van der Waals surface area contributed by atoms with Crippen LogP contribution in [0.5, 0.6) is 11.5 Å². The van der Waals surface area contributed by atoms with Crippen molar-refractivity contribution in [2.45, 2.75) is 13.0 Å². The van der Waals surface area contributed by atoms with E-state index < -0.39 is 0 Å². The molecule has 0 spiro atoms. The first-order valence-electron chi connectivity index (χ1n) is 7.29. The molecule has 0 aliphatic carbocycles. The minimum Gasteiger partial charge on any atom is -0.497 e. The molecule has 1 aromatic heterocycles. The van der Waals surface area contributed by atoms with Crippen molar-refractivity contribution < 1.29 is 18.7 Å². The van der Waals surface area contributed by atoms with Gasteiger partial charge in [-0.1, -0.05) is 17.3 Å². The minimum atomic E-state index is 0.232. The van der Waals surface area contributed by atoms with Crippen molar-refractivity contribution >= 4 is 10.8 Å². The Labute approximate surface area is 134 Å². The van der Waals surface area contributed by atoms with E-state index >= 15 is 0 Å². The molecular weight excluding hydrogens is 296 g/mol. The molecule has 6 nitrogen and oxygen atoms in total. The monoisotopic (exact) mass is 314 g/mol. The van der Waals surface area contributed by atoms with Crippen LogP contribution < -0.4 is 9.47 Å². The fraction of sp³-hybridized carbons (Fsp3) is 0.294. The third-order valence-corrected chi connectivity index (χ3v) is 3.42. The summed E-state index contributed by atoms with van der Waals surface area (Å²) in [6, 6.07) is 11.8. The third-order valence-electron chi connectivity index (χ3n) is 3.42. The van der Waals surface area contributed by atoms with E-state index in [0.717, 1.165) is 22.3 Å². The molecule has 3 aromatic rings. The highest BCUT2D eigenvalue weighted by Gasteiger charge is 2.07. The summed E-state index contributed by atoms with van der Waals surface area (Å²) in [5.74, 6) is 2.62. The number of benzene rings is 2. The lowest BCUT2D eigenvalue weighted by atomic mass is 10.1. The predicted octanol–water partition coefficient (Wildman–Crippen LogP) is 3.00. The van der Waals surface area contributed by atoms with Crippen LogP contribution in [0, 0.1) is 0 Å². The standard InChI is InChI=1S/C17H18N2O4/c1-20-8-7-16-18-17(23-19-16)11-22-15-6-4-12-3-5-14(21-2)9-13(12)10-15/h3-6,9-10H,7-8,11H2,1-2H3. The molecule has 0 radical (unpaired) electrons. The van der Waals surface area contributed by atoms with Crippen LogP contribution in [0.25, 0.3) is 10.8 Å². The lowest BCUT2D eigenvalue weighted by molar-refractivity contribution is 0.199. The van der Waals surface area contributed by atoms with Gasteiger partial charge < -0.3 is 18.7 Å². The molecule has 0 aliphatic rings. The van der Waals surface area contributed by atoms with Gasteiger partial charge in [-0.2, -0.15) is 4.98 Å². The van der Waals surface area contributed by atoms with Crippen LogP contribution in [0.4, 0.5) is 0 Å². The van der Waals surface area contributed by atoms with Crippen molar-refractivity contribution in [1.82, 2.24) is 10.1 Å². The average molecular weight is 314 g/mol. The Balaban J connectivity index is 1.67. The van der Waals surface area contributed by atoms with Crippen molar-refractivity contribution in [2.75, 3.05) is 20.8 Å². The summed E-state index contributed by atoms with van der Waals surface area (Å²) in [5, 5.41) is 6.05. The van der Waals surface area contributed by atoms with Crippen molar-refractivity contribution in [3.63, 3.8) is 0 Å². The molecule has 0 bridgehead atoms. The van der Waals surface area contributed by atoms with Crippen molar-refractivity contribution in [1.29, 1.82) is 0 Å². The van der Waals surface area contributed by atoms with E-state index in [9.17, 15) is 0 Å². The summed E-state index contributed by atoms with van der Waals surface area (Å²) in [6.45, 7) is 0.793. The zero-order valence-corrected chi connectivity index (χ0v) is 13.1. The molecule has 120 valence electrons. The molecule has 0 saturated carbocycles. The number of fused-ring (bicyclic) bond motifs is 1. The van der Waals surface area contributed by atoms with E-state index in [0.29, 0.717) is 24.7 Å². The molecule has 3 rings (SSSR count). The van der Waals surface area contributed by atoms with Gasteiger partial charge >= 0.3 is 0 Å². The Bertz CT molecular complexity index is 785. The SMILES string of the molecule is COCCc1noc(COc2ccc3ccc(OC)cc3c2)n1. The number of ether oxygens (including phenoxy) is 3. The first-order valence-corrected chi connectivity index (χ1v) is 7.29. The normalized spacial score (nSPS) is 10.9. The van der Waals surface area contributed by atoms with E-state index in [1.54, 1.807) is 14.2 Å². The van der Waals surface area contributed by atoms with Crippen LogP contribution in [0.15, 0.2) is 40.9 Å². The van der Waals surface area contributed by atoms with E-state index in [2.05, 4.69) is 10.1 Å². The molecular formula is C17H18N2O4. The maximum Gasteiger partial charge on any atom is 0.264 e. The topological polar surface area (TPSA) is 66.6 Å². The van der Waals surface area contributed by atoms with E-state index in [-0.39, 0.29) is 6.61 Å². The second-order valence-corrected chi connectivity index (χ2v) is 5.01. The largest absolute Gasteiger partial charge is 0.497 e. The molecule has 23 heavy (non-hydrogen) atoms. The van der Waals surface area contributed by atoms with Gasteiger partial charge in [0.2, 0.25) is 0 Å². The van der Waals surface area contributed by atoms with Gasteiger partial charge in [0.05, 0.1) is 13.7 Å². The Kier molecular flexibility index (Phi) is 4.73. The molecule has 0 saturated heterocycles. The summed E-state index contributed by atoms with van der Waals surface area (Å²) in [5.41, 5.74) is 0. The van der Waals surface area contributed by atoms with Gasteiger partial charge in [-0.3, -0.25) is 0 Å². The maximum absolute atomic E-state index is 5.72. The summed E-state index contributed by atoms with van der Waals surface area (Å²) >= 11 is 0. The summed E-state index contributed by atoms with van der Waals surface area (Å²) < 4.78 is 21.1. The highest BCUT2D eigenvalue weighted by Crippen LogP contribution is 2.25. The Hall–Kier alpha value is -2.60. The summed E-state index contributed by atoms with van der Waals surface area (Å²) in [4.78, 5) is 4.25. The van der Waals surface area contributed by atoms with Crippen LogP contribution in [-0.2, 0) is 17.8 Å². The first-order chi connectivity index (χ1) is 11.3. The van der Waals surface area contributed by atoms with Gasteiger partial charge in [-0.05, 0) is 35.0 Å². The fourth-order valence-electron chi connectivity index (χ4n) is 2.21. The highest BCUT2D eigenvalue weighted by molar-refractivity contribution is 5.85. The molecule has 0 fully saturated rings. The second-order valence-electron chi connectivity index (χ2n) is 5.01. The Morgan fingerprint density at radius 3 is 2.57 bits per heavy atom. The predicted molar refractivity (Wildman–Crippen MR) is 84.7 cm³/mol. The fourth-order valence-corrected chi connectivity index (χ4v) is 2.21. The van der Waals surface area contributed by atoms with Crippen LogP contribution in [-0.4, -0.2) is 31.0 Å².